The summed E-state index contributed by atoms with van der Waals surface area (Å²) in [5.41, 5.74) is 0. The number of carboxylic acids is 1. The average Bonchev–Trinajstić information content (AvgIpc) is 2.58. The number of carbonyl (C=O) groups is 1. The van der Waals surface area contributed by atoms with Crippen LogP contribution in [0.4, 0.5) is 0 Å². The number of aliphatic carboxylic acids is 1. The van der Waals surface area contributed by atoms with E-state index in [0.717, 1.165) is 12.5 Å². The predicted molar refractivity (Wildman–Crippen MR) is 53.8 cm³/mol. The molecule has 14 heavy (non-hydrogen) atoms. The third-order valence-corrected chi connectivity index (χ3v) is 3.46. The van der Waals surface area contributed by atoms with Crippen LogP contribution in [0.2, 0.25) is 0 Å². The molecule has 0 bridgehead atoms. The van der Waals surface area contributed by atoms with E-state index < -0.39 is 5.97 Å². The van der Waals surface area contributed by atoms with Crippen LogP contribution in [-0.2, 0) is 4.79 Å². The summed E-state index contributed by atoms with van der Waals surface area (Å²) in [5.74, 6) is -0.0218. The molecule has 2 atom stereocenters. The van der Waals surface area contributed by atoms with Crippen molar-refractivity contribution in [2.45, 2.75) is 38.1 Å². The molecule has 3 nitrogen and oxygen atoms in total. The van der Waals surface area contributed by atoms with Gasteiger partial charge < -0.3 is 10.0 Å². The second-order valence-electron chi connectivity index (χ2n) is 4.29. The van der Waals surface area contributed by atoms with Gasteiger partial charge >= 0.3 is 5.97 Å². The molecule has 1 N–H and O–H groups in total. The molecule has 1 aliphatic carbocycles. The highest BCUT2D eigenvalue weighted by molar-refractivity contribution is 5.79. The lowest BCUT2D eigenvalue weighted by Crippen LogP contribution is -2.31. The van der Waals surface area contributed by atoms with Crippen molar-refractivity contribution in [3.8, 4) is 0 Å². The number of nitrogens with zero attached hydrogens (tertiary/aromatic N) is 1. The Hall–Kier alpha value is -0.990. The fourth-order valence-corrected chi connectivity index (χ4v) is 2.79. The molecule has 2 rings (SSSR count). The van der Waals surface area contributed by atoms with Gasteiger partial charge in [0.2, 0.25) is 0 Å². The predicted octanol–water partition coefficient (Wildman–Crippen LogP) is 1.85. The first kappa shape index (κ1) is 9.56. The molecule has 0 spiro atoms. The molecule has 1 saturated heterocycles. The topological polar surface area (TPSA) is 40.5 Å². The lowest BCUT2D eigenvalue weighted by Gasteiger charge is -2.30. The van der Waals surface area contributed by atoms with Crippen LogP contribution in [0.1, 0.15) is 32.1 Å². The Labute approximate surface area is 84.4 Å². The normalized spacial score (nSPS) is 32.1. The molecule has 1 saturated carbocycles. The molecule has 1 aliphatic heterocycles. The van der Waals surface area contributed by atoms with Crippen molar-refractivity contribution < 1.29 is 9.90 Å². The molecule has 0 radical (unpaired) electrons. The smallest absolute Gasteiger partial charge is 0.329 e. The highest BCUT2D eigenvalue weighted by Gasteiger charge is 2.33. The molecule has 0 unspecified atom stereocenters. The summed E-state index contributed by atoms with van der Waals surface area (Å²) in [6.07, 6.45) is 9.51. The Kier molecular flexibility index (Phi) is 2.75. The van der Waals surface area contributed by atoms with Crippen LogP contribution in [-0.4, -0.2) is 28.6 Å². The summed E-state index contributed by atoms with van der Waals surface area (Å²) in [4.78, 5) is 12.6. The summed E-state index contributed by atoms with van der Waals surface area (Å²) < 4.78 is 0. The summed E-state index contributed by atoms with van der Waals surface area (Å²) >= 11 is 0. The third-order valence-electron chi connectivity index (χ3n) is 3.46. The molecule has 78 valence electrons. The highest BCUT2D eigenvalue weighted by Crippen LogP contribution is 2.36. The van der Waals surface area contributed by atoms with E-state index in [9.17, 15) is 4.79 Å². The van der Waals surface area contributed by atoms with Gasteiger partial charge in [-0.15, -0.1) is 0 Å². The van der Waals surface area contributed by atoms with Gasteiger partial charge in [-0.05, 0) is 25.2 Å². The lowest BCUT2D eigenvalue weighted by molar-refractivity contribution is -0.131. The number of rotatable bonds is 2. The fourth-order valence-electron chi connectivity index (χ4n) is 2.79. The molecular weight excluding hydrogens is 178 g/mol. The van der Waals surface area contributed by atoms with E-state index in [0.29, 0.717) is 6.04 Å². The van der Waals surface area contributed by atoms with Crippen LogP contribution >= 0.6 is 0 Å². The van der Waals surface area contributed by atoms with Crippen LogP contribution in [0.5, 0.6) is 0 Å². The van der Waals surface area contributed by atoms with Crippen LogP contribution in [0.25, 0.3) is 0 Å². The fraction of sp³-hybridized carbons (Fsp3) is 0.727. The van der Waals surface area contributed by atoms with E-state index in [-0.39, 0.29) is 0 Å². The van der Waals surface area contributed by atoms with Gasteiger partial charge in [0.05, 0.1) is 0 Å². The highest BCUT2D eigenvalue weighted by atomic mass is 16.4. The van der Waals surface area contributed by atoms with Crippen LogP contribution in [0.15, 0.2) is 12.3 Å². The molecule has 2 aliphatic rings. The van der Waals surface area contributed by atoms with Crippen molar-refractivity contribution in [1.82, 2.24) is 4.90 Å². The van der Waals surface area contributed by atoms with Crippen molar-refractivity contribution >= 4 is 5.97 Å². The van der Waals surface area contributed by atoms with E-state index in [1.54, 1.807) is 6.20 Å². The molecule has 2 fully saturated rings. The molecule has 1 heterocycles. The minimum absolute atomic E-state index is 0.624. The quantitative estimate of drug-likeness (QED) is 0.683. The van der Waals surface area contributed by atoms with E-state index in [2.05, 4.69) is 4.90 Å². The first-order valence-electron chi connectivity index (χ1n) is 5.44. The largest absolute Gasteiger partial charge is 0.478 e. The zero-order valence-corrected chi connectivity index (χ0v) is 8.35. The second kappa shape index (κ2) is 4.03. The van der Waals surface area contributed by atoms with Gasteiger partial charge in [-0.3, -0.25) is 0 Å². The van der Waals surface area contributed by atoms with Crippen LogP contribution < -0.4 is 0 Å². The first-order valence-corrected chi connectivity index (χ1v) is 5.44. The standard InChI is InChI=1S/C11H17NO2/c13-11(14)6-8-12-7-5-9-3-1-2-4-10(9)12/h6,8-10H,1-5,7H2,(H,13,14)/b8-6+/t9-,10-/m0/s1. The van der Waals surface area contributed by atoms with E-state index in [1.807, 2.05) is 0 Å². The SMILES string of the molecule is O=C(O)/C=C/N1CC[C@@H]2CCCC[C@@H]21. The minimum Gasteiger partial charge on any atom is -0.478 e. The Morgan fingerprint density at radius 2 is 2.07 bits per heavy atom. The Balaban J connectivity index is 1.97. The molecule has 3 heteroatoms. The number of hydrogen-bond acceptors (Lipinski definition) is 2. The molecule has 0 amide bonds. The minimum atomic E-state index is -0.843. The summed E-state index contributed by atoms with van der Waals surface area (Å²) in [5, 5.41) is 8.56. The summed E-state index contributed by atoms with van der Waals surface area (Å²) in [6.45, 7) is 1.04. The van der Waals surface area contributed by atoms with Gasteiger partial charge in [0.1, 0.15) is 0 Å². The maximum atomic E-state index is 10.4. The van der Waals surface area contributed by atoms with Gasteiger partial charge in [-0.25, -0.2) is 4.79 Å². The van der Waals surface area contributed by atoms with E-state index in [1.165, 1.54) is 38.2 Å². The van der Waals surface area contributed by atoms with E-state index in [4.69, 9.17) is 5.11 Å². The second-order valence-corrected chi connectivity index (χ2v) is 4.29. The van der Waals surface area contributed by atoms with Crippen molar-refractivity contribution in [3.63, 3.8) is 0 Å². The van der Waals surface area contributed by atoms with Crippen molar-refractivity contribution in [1.29, 1.82) is 0 Å². The van der Waals surface area contributed by atoms with Gasteiger partial charge in [0, 0.05) is 24.9 Å². The van der Waals surface area contributed by atoms with Gasteiger partial charge in [-0.1, -0.05) is 12.8 Å². The molecule has 0 aromatic heterocycles. The monoisotopic (exact) mass is 195 g/mol. The summed E-state index contributed by atoms with van der Waals surface area (Å²) in [7, 11) is 0. The number of hydrogen-bond donors (Lipinski definition) is 1. The van der Waals surface area contributed by atoms with E-state index >= 15 is 0 Å². The third kappa shape index (κ3) is 1.91. The van der Waals surface area contributed by atoms with Crippen molar-refractivity contribution in [3.05, 3.63) is 12.3 Å². The Morgan fingerprint density at radius 3 is 2.86 bits per heavy atom. The maximum absolute atomic E-state index is 10.4. The first-order chi connectivity index (χ1) is 6.77. The van der Waals surface area contributed by atoms with Crippen LogP contribution in [0.3, 0.4) is 0 Å². The van der Waals surface area contributed by atoms with Crippen molar-refractivity contribution in [2.75, 3.05) is 6.54 Å². The van der Waals surface area contributed by atoms with Gasteiger partial charge in [0.15, 0.2) is 0 Å². The average molecular weight is 195 g/mol. The Bertz CT molecular complexity index is 250. The number of fused-ring (bicyclic) bond motifs is 1. The lowest BCUT2D eigenvalue weighted by atomic mass is 9.85. The zero-order valence-electron chi connectivity index (χ0n) is 8.35. The molecular formula is C11H17NO2. The van der Waals surface area contributed by atoms with Gasteiger partial charge in [0.25, 0.3) is 0 Å². The number of likely N-dealkylation sites (tertiary alicyclic amines) is 1. The zero-order chi connectivity index (χ0) is 9.97. The van der Waals surface area contributed by atoms with Gasteiger partial charge in [-0.2, -0.15) is 0 Å². The summed E-state index contributed by atoms with van der Waals surface area (Å²) in [6, 6.07) is 0.624. The number of carboxylic acid groups (broad SMARTS) is 1. The molecule has 0 aromatic rings. The van der Waals surface area contributed by atoms with Crippen LogP contribution in [0, 0.1) is 5.92 Å². The molecule has 0 aromatic carbocycles. The maximum Gasteiger partial charge on any atom is 0.329 e. The van der Waals surface area contributed by atoms with Crippen molar-refractivity contribution in [2.24, 2.45) is 5.92 Å². The Morgan fingerprint density at radius 1 is 1.29 bits per heavy atom.